The third kappa shape index (κ3) is 2.90. The number of anilines is 1. The maximum atomic E-state index is 13.7. The van der Waals surface area contributed by atoms with Crippen LogP contribution < -0.4 is 5.32 Å². The van der Waals surface area contributed by atoms with Gasteiger partial charge in [0.2, 0.25) is 0 Å². The van der Waals surface area contributed by atoms with Crippen molar-refractivity contribution in [3.05, 3.63) is 50.6 Å². The van der Waals surface area contributed by atoms with Crippen LogP contribution in [0.2, 0.25) is 0 Å². The van der Waals surface area contributed by atoms with Crippen LogP contribution in [-0.4, -0.2) is 0 Å². The van der Waals surface area contributed by atoms with Gasteiger partial charge in [0.15, 0.2) is 0 Å². The molecule has 96 valence electrons. The Morgan fingerprint density at radius 1 is 1.33 bits per heavy atom. The number of benzene rings is 1. The lowest BCUT2D eigenvalue weighted by Gasteiger charge is -2.17. The van der Waals surface area contributed by atoms with Crippen molar-refractivity contribution in [1.82, 2.24) is 0 Å². The lowest BCUT2D eigenvalue weighted by atomic mass is 10.1. The molecule has 0 amide bonds. The quantitative estimate of drug-likeness (QED) is 0.744. The van der Waals surface area contributed by atoms with E-state index in [2.05, 4.69) is 21.2 Å². The van der Waals surface area contributed by atoms with Gasteiger partial charge in [-0.3, -0.25) is 0 Å². The van der Waals surface area contributed by atoms with E-state index < -0.39 is 11.6 Å². The first-order chi connectivity index (χ1) is 8.61. The first-order valence-electron chi connectivity index (χ1n) is 5.56. The standard InChI is InChI=1S/C13H12BrF2NS/c1-2-11(13-4-3-5-18-13)17-12-7-9(15)8(14)6-10(12)16/h3-7,11,17H,2H2,1H3. The molecule has 0 spiro atoms. The van der Waals surface area contributed by atoms with Crippen LogP contribution in [0.15, 0.2) is 34.1 Å². The Labute approximate surface area is 117 Å². The summed E-state index contributed by atoms with van der Waals surface area (Å²) in [6.07, 6.45) is 0.803. The molecule has 2 rings (SSSR count). The molecule has 5 heteroatoms. The molecule has 2 aromatic rings. The van der Waals surface area contributed by atoms with E-state index in [-0.39, 0.29) is 16.2 Å². The number of nitrogens with one attached hydrogen (secondary N) is 1. The minimum atomic E-state index is -0.472. The molecule has 0 bridgehead atoms. The van der Waals surface area contributed by atoms with Crippen molar-refractivity contribution in [2.24, 2.45) is 0 Å². The van der Waals surface area contributed by atoms with Gasteiger partial charge in [0.1, 0.15) is 11.6 Å². The fourth-order valence-electron chi connectivity index (χ4n) is 1.68. The third-order valence-corrected chi connectivity index (χ3v) is 4.23. The van der Waals surface area contributed by atoms with E-state index in [1.807, 2.05) is 24.4 Å². The Balaban J connectivity index is 2.25. The molecule has 1 unspecified atom stereocenters. The van der Waals surface area contributed by atoms with E-state index in [0.717, 1.165) is 17.4 Å². The monoisotopic (exact) mass is 331 g/mol. The SMILES string of the molecule is CCC(Nc1cc(F)c(Br)cc1F)c1cccs1. The van der Waals surface area contributed by atoms with E-state index in [4.69, 9.17) is 0 Å². The lowest BCUT2D eigenvalue weighted by molar-refractivity contribution is 0.593. The molecule has 0 fully saturated rings. The van der Waals surface area contributed by atoms with Crippen LogP contribution in [0.3, 0.4) is 0 Å². The zero-order chi connectivity index (χ0) is 13.1. The summed E-state index contributed by atoms with van der Waals surface area (Å²) in [5.74, 6) is -0.932. The molecule has 18 heavy (non-hydrogen) atoms. The lowest BCUT2D eigenvalue weighted by Crippen LogP contribution is -2.09. The van der Waals surface area contributed by atoms with Gasteiger partial charge in [-0.1, -0.05) is 13.0 Å². The first-order valence-corrected chi connectivity index (χ1v) is 7.23. The van der Waals surface area contributed by atoms with E-state index in [0.29, 0.717) is 0 Å². The minimum Gasteiger partial charge on any atom is -0.375 e. The summed E-state index contributed by atoms with van der Waals surface area (Å²) >= 11 is 4.56. The molecule has 1 atom stereocenters. The highest BCUT2D eigenvalue weighted by atomic mass is 79.9. The molecule has 1 N–H and O–H groups in total. The van der Waals surface area contributed by atoms with Crippen LogP contribution in [0, 0.1) is 11.6 Å². The summed E-state index contributed by atoms with van der Waals surface area (Å²) in [5.41, 5.74) is 0.191. The molecule has 0 aliphatic heterocycles. The van der Waals surface area contributed by atoms with Crippen LogP contribution in [0.4, 0.5) is 14.5 Å². The van der Waals surface area contributed by atoms with Crippen molar-refractivity contribution in [3.63, 3.8) is 0 Å². The van der Waals surface area contributed by atoms with Crippen molar-refractivity contribution >= 4 is 33.0 Å². The second-order valence-corrected chi connectivity index (χ2v) is 5.70. The predicted octanol–water partition coefficient (Wildman–Crippen LogP) is 5.35. The molecule has 0 saturated heterocycles. The zero-order valence-electron chi connectivity index (χ0n) is 9.71. The second-order valence-electron chi connectivity index (χ2n) is 3.87. The number of hydrogen-bond acceptors (Lipinski definition) is 2. The average molecular weight is 332 g/mol. The Morgan fingerprint density at radius 2 is 2.11 bits per heavy atom. The summed E-state index contributed by atoms with van der Waals surface area (Å²) in [6.45, 7) is 2.00. The summed E-state index contributed by atoms with van der Waals surface area (Å²) < 4.78 is 27.3. The minimum absolute atomic E-state index is 0.0000699. The van der Waals surface area contributed by atoms with Gasteiger partial charge in [0, 0.05) is 10.9 Å². The van der Waals surface area contributed by atoms with Crippen LogP contribution >= 0.6 is 27.3 Å². The van der Waals surface area contributed by atoms with Gasteiger partial charge >= 0.3 is 0 Å². The molecule has 1 heterocycles. The number of hydrogen-bond donors (Lipinski definition) is 1. The van der Waals surface area contributed by atoms with E-state index >= 15 is 0 Å². The van der Waals surface area contributed by atoms with Gasteiger partial charge in [-0.25, -0.2) is 8.78 Å². The fraction of sp³-hybridized carbons (Fsp3) is 0.231. The van der Waals surface area contributed by atoms with Crippen molar-refractivity contribution < 1.29 is 8.78 Å². The van der Waals surface area contributed by atoms with Gasteiger partial charge in [-0.2, -0.15) is 0 Å². The normalized spacial score (nSPS) is 12.4. The average Bonchev–Trinajstić information content (AvgIpc) is 2.85. The van der Waals surface area contributed by atoms with Crippen LogP contribution in [0.25, 0.3) is 0 Å². The highest BCUT2D eigenvalue weighted by molar-refractivity contribution is 9.10. The van der Waals surface area contributed by atoms with Crippen LogP contribution in [0.1, 0.15) is 24.3 Å². The molecule has 0 aliphatic carbocycles. The zero-order valence-corrected chi connectivity index (χ0v) is 12.1. The Hall–Kier alpha value is -0.940. The number of thiophene rings is 1. The first kappa shape index (κ1) is 13.5. The van der Waals surface area contributed by atoms with Crippen molar-refractivity contribution in [3.8, 4) is 0 Å². The van der Waals surface area contributed by atoms with Crippen molar-refractivity contribution in [1.29, 1.82) is 0 Å². The number of rotatable bonds is 4. The Morgan fingerprint density at radius 3 is 2.72 bits per heavy atom. The Bertz CT molecular complexity index is 528. The predicted molar refractivity (Wildman–Crippen MR) is 75.0 cm³/mol. The molecule has 0 radical (unpaired) electrons. The van der Waals surface area contributed by atoms with Crippen LogP contribution in [-0.2, 0) is 0 Å². The topological polar surface area (TPSA) is 12.0 Å². The molecular weight excluding hydrogens is 320 g/mol. The van der Waals surface area contributed by atoms with E-state index in [1.165, 1.54) is 6.07 Å². The highest BCUT2D eigenvalue weighted by Gasteiger charge is 2.14. The molecule has 1 aromatic carbocycles. The largest absolute Gasteiger partial charge is 0.375 e. The highest BCUT2D eigenvalue weighted by Crippen LogP contribution is 2.29. The van der Waals surface area contributed by atoms with Crippen LogP contribution in [0.5, 0.6) is 0 Å². The van der Waals surface area contributed by atoms with Gasteiger partial charge in [0.05, 0.1) is 16.2 Å². The molecule has 0 aliphatic rings. The molecule has 0 saturated carbocycles. The maximum Gasteiger partial charge on any atom is 0.147 e. The van der Waals surface area contributed by atoms with Crippen molar-refractivity contribution in [2.75, 3.05) is 5.32 Å². The number of halogens is 3. The van der Waals surface area contributed by atoms with Gasteiger partial charge in [-0.15, -0.1) is 11.3 Å². The van der Waals surface area contributed by atoms with E-state index in [9.17, 15) is 8.78 Å². The summed E-state index contributed by atoms with van der Waals surface area (Å²) in [7, 11) is 0. The van der Waals surface area contributed by atoms with Gasteiger partial charge in [0.25, 0.3) is 0 Å². The summed E-state index contributed by atoms with van der Waals surface area (Å²) in [4.78, 5) is 1.11. The van der Waals surface area contributed by atoms with E-state index in [1.54, 1.807) is 11.3 Å². The van der Waals surface area contributed by atoms with Gasteiger partial charge in [-0.05, 0) is 39.9 Å². The smallest absolute Gasteiger partial charge is 0.147 e. The maximum absolute atomic E-state index is 13.7. The Kier molecular flexibility index (Phi) is 4.35. The van der Waals surface area contributed by atoms with Crippen molar-refractivity contribution in [2.45, 2.75) is 19.4 Å². The molecular formula is C13H12BrF2NS. The second kappa shape index (κ2) is 5.80. The molecule has 1 nitrogen and oxygen atoms in total. The summed E-state index contributed by atoms with van der Waals surface area (Å²) in [5, 5.41) is 5.01. The molecule has 1 aromatic heterocycles. The third-order valence-electron chi connectivity index (χ3n) is 2.63. The fourth-order valence-corrected chi connectivity index (χ4v) is 2.86. The van der Waals surface area contributed by atoms with Gasteiger partial charge < -0.3 is 5.32 Å². The summed E-state index contributed by atoms with van der Waals surface area (Å²) in [6, 6.07) is 6.25.